The average molecular weight is 168 g/mol. The number of nitrogens with one attached hydrogen (secondary N) is 1. The fourth-order valence-electron chi connectivity index (χ4n) is 1.97. The minimum atomic E-state index is 0.229. The highest BCUT2D eigenvalue weighted by molar-refractivity contribution is 4.93. The average Bonchev–Trinajstić information content (AvgIpc) is 2.16. The maximum atomic E-state index is 5.78. The Morgan fingerprint density at radius 2 is 2.00 bits per heavy atom. The van der Waals surface area contributed by atoms with Crippen molar-refractivity contribution in [1.29, 1.82) is 0 Å². The van der Waals surface area contributed by atoms with E-state index in [1.54, 1.807) is 0 Å². The zero-order valence-corrected chi connectivity index (χ0v) is 7.81. The Hall–Kier alpha value is -0.340. The molecular weight excluding hydrogens is 148 g/mol. The molecule has 1 rings (SSSR count). The van der Waals surface area contributed by atoms with Gasteiger partial charge in [0, 0.05) is 18.6 Å². The zero-order valence-electron chi connectivity index (χ0n) is 7.81. The summed E-state index contributed by atoms with van der Waals surface area (Å²) in [5, 5.41) is 3.49. The van der Waals surface area contributed by atoms with Gasteiger partial charge in [-0.1, -0.05) is 25.3 Å². The first-order valence-electron chi connectivity index (χ1n) is 4.89. The molecule has 3 N–H and O–H groups in total. The molecule has 0 atom stereocenters. The van der Waals surface area contributed by atoms with Crippen LogP contribution in [0.5, 0.6) is 0 Å². The summed E-state index contributed by atoms with van der Waals surface area (Å²) < 4.78 is 0. The largest absolute Gasteiger partial charge is 0.329 e. The number of nitrogens with two attached hydrogens (primary N) is 1. The Labute approximate surface area is 75.2 Å². The molecule has 0 unspecified atom stereocenters. The van der Waals surface area contributed by atoms with Gasteiger partial charge in [0.25, 0.3) is 0 Å². The minimum absolute atomic E-state index is 0.229. The monoisotopic (exact) mass is 168 g/mol. The van der Waals surface area contributed by atoms with Crippen LogP contribution in [0, 0.1) is 0 Å². The van der Waals surface area contributed by atoms with Crippen LogP contribution >= 0.6 is 0 Å². The lowest BCUT2D eigenvalue weighted by Gasteiger charge is -2.37. The lowest BCUT2D eigenvalue weighted by molar-refractivity contribution is 0.247. The van der Waals surface area contributed by atoms with Crippen molar-refractivity contribution in [3.05, 3.63) is 12.7 Å². The third-order valence-electron chi connectivity index (χ3n) is 2.82. The second-order valence-electron chi connectivity index (χ2n) is 3.71. The van der Waals surface area contributed by atoms with Gasteiger partial charge in [0.05, 0.1) is 0 Å². The van der Waals surface area contributed by atoms with Gasteiger partial charge in [0.2, 0.25) is 0 Å². The Balaban J connectivity index is 2.41. The van der Waals surface area contributed by atoms with Crippen molar-refractivity contribution in [3.8, 4) is 0 Å². The van der Waals surface area contributed by atoms with E-state index in [0.717, 1.165) is 13.1 Å². The molecule has 2 nitrogen and oxygen atoms in total. The standard InChI is InChI=1S/C10H20N2/c1-2-8-12-10(9-11)6-4-3-5-7-10/h2,12H,1,3-9,11H2. The van der Waals surface area contributed by atoms with E-state index < -0.39 is 0 Å². The number of hydrogen-bond donors (Lipinski definition) is 2. The number of hydrogen-bond acceptors (Lipinski definition) is 2. The van der Waals surface area contributed by atoms with Gasteiger partial charge < -0.3 is 11.1 Å². The van der Waals surface area contributed by atoms with Crippen LogP contribution in [0.25, 0.3) is 0 Å². The van der Waals surface area contributed by atoms with Crippen molar-refractivity contribution in [2.75, 3.05) is 13.1 Å². The SMILES string of the molecule is C=CCNC1(CN)CCCCC1. The predicted molar refractivity (Wildman–Crippen MR) is 53.1 cm³/mol. The predicted octanol–water partition coefficient (Wildman–Crippen LogP) is 1.42. The van der Waals surface area contributed by atoms with E-state index in [1.807, 2.05) is 6.08 Å². The first-order chi connectivity index (χ1) is 5.83. The lowest BCUT2D eigenvalue weighted by atomic mass is 9.82. The van der Waals surface area contributed by atoms with Gasteiger partial charge in [0.1, 0.15) is 0 Å². The summed E-state index contributed by atoms with van der Waals surface area (Å²) in [6, 6.07) is 0. The molecule has 12 heavy (non-hydrogen) atoms. The fraction of sp³-hybridized carbons (Fsp3) is 0.800. The van der Waals surface area contributed by atoms with Crippen LogP contribution in [0.2, 0.25) is 0 Å². The summed E-state index contributed by atoms with van der Waals surface area (Å²) in [5.74, 6) is 0. The fourth-order valence-corrected chi connectivity index (χ4v) is 1.97. The maximum Gasteiger partial charge on any atom is 0.0306 e. The smallest absolute Gasteiger partial charge is 0.0306 e. The van der Waals surface area contributed by atoms with Crippen LogP contribution in [-0.4, -0.2) is 18.6 Å². The molecule has 0 aromatic rings. The Kier molecular flexibility index (Phi) is 3.76. The van der Waals surface area contributed by atoms with Crippen molar-refractivity contribution in [2.45, 2.75) is 37.6 Å². The molecule has 0 spiro atoms. The van der Waals surface area contributed by atoms with Gasteiger partial charge in [-0.05, 0) is 12.8 Å². The molecule has 0 aromatic heterocycles. The van der Waals surface area contributed by atoms with Gasteiger partial charge in [-0.3, -0.25) is 0 Å². The van der Waals surface area contributed by atoms with Gasteiger partial charge >= 0.3 is 0 Å². The highest BCUT2D eigenvalue weighted by Crippen LogP contribution is 2.26. The second kappa shape index (κ2) is 4.63. The zero-order chi connectivity index (χ0) is 8.86. The molecular formula is C10H20N2. The van der Waals surface area contributed by atoms with E-state index in [1.165, 1.54) is 32.1 Å². The molecule has 0 amide bonds. The van der Waals surface area contributed by atoms with E-state index in [4.69, 9.17) is 5.73 Å². The van der Waals surface area contributed by atoms with Crippen LogP contribution < -0.4 is 11.1 Å². The van der Waals surface area contributed by atoms with E-state index in [9.17, 15) is 0 Å². The highest BCUT2D eigenvalue weighted by atomic mass is 15.0. The molecule has 0 saturated heterocycles. The molecule has 2 heteroatoms. The van der Waals surface area contributed by atoms with Gasteiger partial charge in [-0.25, -0.2) is 0 Å². The molecule has 0 radical (unpaired) electrons. The van der Waals surface area contributed by atoms with Crippen LogP contribution in [-0.2, 0) is 0 Å². The van der Waals surface area contributed by atoms with E-state index in [-0.39, 0.29) is 5.54 Å². The molecule has 1 aliphatic carbocycles. The van der Waals surface area contributed by atoms with E-state index in [2.05, 4.69) is 11.9 Å². The first kappa shape index (κ1) is 9.75. The topological polar surface area (TPSA) is 38.0 Å². The molecule has 1 fully saturated rings. The molecule has 0 aliphatic heterocycles. The Morgan fingerprint density at radius 1 is 1.33 bits per heavy atom. The molecule has 0 heterocycles. The van der Waals surface area contributed by atoms with Gasteiger partial charge in [0.15, 0.2) is 0 Å². The van der Waals surface area contributed by atoms with Crippen molar-refractivity contribution in [3.63, 3.8) is 0 Å². The normalized spacial score (nSPS) is 22.1. The molecule has 1 aliphatic rings. The Bertz CT molecular complexity index is 137. The molecule has 0 aromatic carbocycles. The molecule has 0 bridgehead atoms. The lowest BCUT2D eigenvalue weighted by Crippen LogP contribution is -2.52. The van der Waals surface area contributed by atoms with Crippen LogP contribution in [0.15, 0.2) is 12.7 Å². The molecule has 70 valence electrons. The summed E-state index contributed by atoms with van der Waals surface area (Å²) >= 11 is 0. The third-order valence-corrected chi connectivity index (χ3v) is 2.82. The minimum Gasteiger partial charge on any atom is -0.329 e. The maximum absolute atomic E-state index is 5.78. The summed E-state index contributed by atoms with van der Waals surface area (Å²) in [4.78, 5) is 0. The van der Waals surface area contributed by atoms with Crippen LogP contribution in [0.1, 0.15) is 32.1 Å². The highest BCUT2D eigenvalue weighted by Gasteiger charge is 2.28. The van der Waals surface area contributed by atoms with Crippen LogP contribution in [0.4, 0.5) is 0 Å². The first-order valence-corrected chi connectivity index (χ1v) is 4.89. The Morgan fingerprint density at radius 3 is 2.50 bits per heavy atom. The van der Waals surface area contributed by atoms with Gasteiger partial charge in [-0.2, -0.15) is 0 Å². The van der Waals surface area contributed by atoms with Crippen molar-refractivity contribution < 1.29 is 0 Å². The number of rotatable bonds is 4. The van der Waals surface area contributed by atoms with E-state index >= 15 is 0 Å². The third kappa shape index (κ3) is 2.32. The summed E-state index contributed by atoms with van der Waals surface area (Å²) in [7, 11) is 0. The van der Waals surface area contributed by atoms with Crippen molar-refractivity contribution in [1.82, 2.24) is 5.32 Å². The van der Waals surface area contributed by atoms with E-state index in [0.29, 0.717) is 0 Å². The summed E-state index contributed by atoms with van der Waals surface area (Å²) in [5.41, 5.74) is 6.01. The van der Waals surface area contributed by atoms with Gasteiger partial charge in [-0.15, -0.1) is 6.58 Å². The van der Waals surface area contributed by atoms with Crippen LogP contribution in [0.3, 0.4) is 0 Å². The summed E-state index contributed by atoms with van der Waals surface area (Å²) in [6.07, 6.45) is 8.39. The van der Waals surface area contributed by atoms with Crippen molar-refractivity contribution >= 4 is 0 Å². The summed E-state index contributed by atoms with van der Waals surface area (Å²) in [6.45, 7) is 5.36. The second-order valence-corrected chi connectivity index (χ2v) is 3.71. The quantitative estimate of drug-likeness (QED) is 0.623. The van der Waals surface area contributed by atoms with Crippen molar-refractivity contribution in [2.24, 2.45) is 5.73 Å². The molecule has 1 saturated carbocycles.